The molecule has 0 radical (unpaired) electrons. The number of rotatable bonds is 6. The molecule has 2 aromatic carbocycles. The first-order chi connectivity index (χ1) is 13.1. The van der Waals surface area contributed by atoms with Crippen LogP contribution >= 0.6 is 11.3 Å². The predicted molar refractivity (Wildman–Crippen MR) is 110 cm³/mol. The Morgan fingerprint density at radius 3 is 2.56 bits per heavy atom. The second kappa shape index (κ2) is 7.39. The minimum Gasteiger partial charge on any atom is -0.477 e. The van der Waals surface area contributed by atoms with Gasteiger partial charge in [-0.15, -0.1) is 11.3 Å². The van der Waals surface area contributed by atoms with Gasteiger partial charge < -0.3 is 15.0 Å². The third-order valence-corrected chi connectivity index (χ3v) is 5.67. The van der Waals surface area contributed by atoms with Crippen molar-refractivity contribution < 1.29 is 9.90 Å². The van der Waals surface area contributed by atoms with E-state index in [9.17, 15) is 9.90 Å². The summed E-state index contributed by atoms with van der Waals surface area (Å²) in [5, 5.41) is 14.8. The van der Waals surface area contributed by atoms with Crippen LogP contribution in [0.15, 0.2) is 66.9 Å². The van der Waals surface area contributed by atoms with Crippen molar-refractivity contribution in [3.8, 4) is 5.00 Å². The van der Waals surface area contributed by atoms with E-state index in [1.165, 1.54) is 33.4 Å². The van der Waals surface area contributed by atoms with E-state index in [1.54, 1.807) is 6.07 Å². The first-order valence-electron chi connectivity index (χ1n) is 8.80. The van der Waals surface area contributed by atoms with Crippen LogP contribution in [0, 0.1) is 6.92 Å². The summed E-state index contributed by atoms with van der Waals surface area (Å²) in [6.07, 6.45) is 2.10. The van der Waals surface area contributed by atoms with E-state index in [4.69, 9.17) is 0 Å². The fourth-order valence-electron chi connectivity index (χ4n) is 3.19. The second-order valence-corrected chi connectivity index (χ2v) is 7.64. The Morgan fingerprint density at radius 2 is 1.81 bits per heavy atom. The van der Waals surface area contributed by atoms with Crippen LogP contribution in [0.5, 0.6) is 0 Å². The van der Waals surface area contributed by atoms with E-state index in [2.05, 4.69) is 59.4 Å². The Hall–Kier alpha value is -2.89. The van der Waals surface area contributed by atoms with Crippen LogP contribution in [-0.2, 0) is 13.1 Å². The van der Waals surface area contributed by atoms with Crippen molar-refractivity contribution in [2.75, 3.05) is 0 Å². The lowest BCUT2D eigenvalue weighted by Crippen LogP contribution is -2.12. The largest absolute Gasteiger partial charge is 0.477 e. The van der Waals surface area contributed by atoms with E-state index in [0.717, 1.165) is 23.6 Å². The van der Waals surface area contributed by atoms with E-state index < -0.39 is 5.97 Å². The van der Waals surface area contributed by atoms with Crippen LogP contribution in [0.25, 0.3) is 15.9 Å². The smallest absolute Gasteiger partial charge is 0.345 e. The molecule has 27 heavy (non-hydrogen) atoms. The first-order valence-corrected chi connectivity index (χ1v) is 9.62. The van der Waals surface area contributed by atoms with Crippen molar-refractivity contribution in [1.82, 2.24) is 9.88 Å². The molecule has 136 valence electrons. The molecule has 2 heterocycles. The highest BCUT2D eigenvalue weighted by atomic mass is 32.1. The molecule has 4 aromatic rings. The van der Waals surface area contributed by atoms with Gasteiger partial charge in [-0.1, -0.05) is 48.0 Å². The Labute approximate surface area is 161 Å². The van der Waals surface area contributed by atoms with Crippen LogP contribution in [-0.4, -0.2) is 15.6 Å². The van der Waals surface area contributed by atoms with Crippen molar-refractivity contribution in [3.05, 3.63) is 88.4 Å². The molecule has 0 fully saturated rings. The van der Waals surface area contributed by atoms with Gasteiger partial charge in [0.15, 0.2) is 0 Å². The van der Waals surface area contributed by atoms with Crippen LogP contribution in [0.2, 0.25) is 0 Å². The van der Waals surface area contributed by atoms with Gasteiger partial charge in [0.25, 0.3) is 0 Å². The fraction of sp³-hybridized carbons (Fsp3) is 0.136. The molecule has 0 aliphatic rings. The highest BCUT2D eigenvalue weighted by molar-refractivity contribution is 7.16. The maximum atomic E-state index is 11.2. The standard InChI is InChI=1S/C22H20N2O2S/c1-15-6-8-16(9-7-15)12-23-13-17-14-24(19-5-3-2-4-18(17)19)21-11-10-20(27-21)22(25)26/h2-11,14,23H,12-13H2,1H3,(H,25,26). The quantitative estimate of drug-likeness (QED) is 0.498. The van der Waals surface area contributed by atoms with Gasteiger partial charge in [0.05, 0.1) is 5.52 Å². The average Bonchev–Trinajstić information content (AvgIpc) is 3.29. The van der Waals surface area contributed by atoms with Gasteiger partial charge in [0.2, 0.25) is 0 Å². The maximum absolute atomic E-state index is 11.2. The summed E-state index contributed by atoms with van der Waals surface area (Å²) in [7, 11) is 0. The SMILES string of the molecule is Cc1ccc(CNCc2cn(-c3ccc(C(=O)O)s3)c3ccccc23)cc1. The molecule has 0 atom stereocenters. The predicted octanol–water partition coefficient (Wildman–Crippen LogP) is 4.99. The van der Waals surface area contributed by atoms with Crippen LogP contribution in [0.1, 0.15) is 26.4 Å². The normalized spacial score (nSPS) is 11.1. The summed E-state index contributed by atoms with van der Waals surface area (Å²) >= 11 is 1.29. The molecule has 0 bridgehead atoms. The Bertz CT molecular complexity index is 1090. The van der Waals surface area contributed by atoms with Gasteiger partial charge in [-0.3, -0.25) is 0 Å². The van der Waals surface area contributed by atoms with Gasteiger partial charge in [-0.05, 0) is 36.2 Å². The van der Waals surface area contributed by atoms with E-state index in [1.807, 2.05) is 18.2 Å². The lowest BCUT2D eigenvalue weighted by Gasteiger charge is -2.04. The van der Waals surface area contributed by atoms with Crippen molar-refractivity contribution in [1.29, 1.82) is 0 Å². The van der Waals surface area contributed by atoms with Crippen molar-refractivity contribution in [2.45, 2.75) is 20.0 Å². The number of carboxylic acids is 1. The zero-order chi connectivity index (χ0) is 18.8. The minimum atomic E-state index is -0.886. The van der Waals surface area contributed by atoms with Gasteiger partial charge in [0, 0.05) is 24.7 Å². The van der Waals surface area contributed by atoms with Gasteiger partial charge in [-0.25, -0.2) is 4.79 Å². The van der Waals surface area contributed by atoms with Crippen molar-refractivity contribution >= 4 is 28.2 Å². The van der Waals surface area contributed by atoms with Crippen LogP contribution in [0.3, 0.4) is 0 Å². The number of fused-ring (bicyclic) bond motifs is 1. The number of aryl methyl sites for hydroxylation is 1. The Balaban J connectivity index is 1.59. The molecule has 4 rings (SSSR count). The number of hydrogen-bond acceptors (Lipinski definition) is 3. The molecule has 2 N–H and O–H groups in total. The summed E-state index contributed by atoms with van der Waals surface area (Å²) in [5.74, 6) is -0.886. The molecule has 0 amide bonds. The number of nitrogens with one attached hydrogen (secondary N) is 1. The third-order valence-electron chi connectivity index (χ3n) is 4.60. The highest BCUT2D eigenvalue weighted by Gasteiger charge is 2.13. The number of thiophene rings is 1. The summed E-state index contributed by atoms with van der Waals surface area (Å²) < 4.78 is 2.08. The van der Waals surface area contributed by atoms with Crippen molar-refractivity contribution in [2.24, 2.45) is 0 Å². The molecular formula is C22H20N2O2S. The summed E-state index contributed by atoms with van der Waals surface area (Å²) in [4.78, 5) is 11.6. The van der Waals surface area contributed by atoms with Gasteiger partial charge in [-0.2, -0.15) is 0 Å². The molecule has 4 nitrogen and oxygen atoms in total. The number of carbonyl (C=O) groups is 1. The summed E-state index contributed by atoms with van der Waals surface area (Å²) in [5.41, 5.74) is 4.80. The van der Waals surface area contributed by atoms with Crippen LogP contribution in [0.4, 0.5) is 0 Å². The van der Waals surface area contributed by atoms with Crippen LogP contribution < -0.4 is 5.32 Å². The zero-order valence-corrected chi connectivity index (χ0v) is 15.8. The molecule has 0 saturated carbocycles. The number of nitrogens with zero attached hydrogens (tertiary/aromatic N) is 1. The zero-order valence-electron chi connectivity index (χ0n) is 15.0. The number of aromatic carboxylic acids is 1. The number of carboxylic acid groups (broad SMARTS) is 1. The van der Waals surface area contributed by atoms with E-state index in [0.29, 0.717) is 4.88 Å². The minimum absolute atomic E-state index is 0.349. The highest BCUT2D eigenvalue weighted by Crippen LogP contribution is 2.29. The molecule has 0 unspecified atom stereocenters. The van der Waals surface area contributed by atoms with E-state index >= 15 is 0 Å². The molecule has 5 heteroatoms. The second-order valence-electron chi connectivity index (χ2n) is 6.57. The molecule has 2 aromatic heterocycles. The molecule has 0 saturated heterocycles. The van der Waals surface area contributed by atoms with E-state index in [-0.39, 0.29) is 0 Å². The lowest BCUT2D eigenvalue weighted by molar-refractivity contribution is 0.0702. The number of hydrogen-bond donors (Lipinski definition) is 2. The maximum Gasteiger partial charge on any atom is 0.345 e. The van der Waals surface area contributed by atoms with Crippen molar-refractivity contribution in [3.63, 3.8) is 0 Å². The average molecular weight is 376 g/mol. The Morgan fingerprint density at radius 1 is 1.04 bits per heavy atom. The molecule has 0 aliphatic carbocycles. The molecule has 0 spiro atoms. The fourth-order valence-corrected chi connectivity index (χ4v) is 4.03. The lowest BCUT2D eigenvalue weighted by atomic mass is 10.1. The Kier molecular flexibility index (Phi) is 4.79. The monoisotopic (exact) mass is 376 g/mol. The number of benzene rings is 2. The summed E-state index contributed by atoms with van der Waals surface area (Å²) in [6, 6.07) is 20.3. The molecule has 0 aliphatic heterocycles. The van der Waals surface area contributed by atoms with Gasteiger partial charge >= 0.3 is 5.97 Å². The number of para-hydroxylation sites is 1. The summed E-state index contributed by atoms with van der Waals surface area (Å²) in [6.45, 7) is 3.65. The third kappa shape index (κ3) is 3.65. The first kappa shape index (κ1) is 17.5. The topological polar surface area (TPSA) is 54.3 Å². The van der Waals surface area contributed by atoms with Gasteiger partial charge in [0.1, 0.15) is 9.88 Å². The molecular weight excluding hydrogens is 356 g/mol. The number of aromatic nitrogens is 1.